The topological polar surface area (TPSA) is 100 Å². The summed E-state index contributed by atoms with van der Waals surface area (Å²) in [5.74, 6) is 0.524. The summed E-state index contributed by atoms with van der Waals surface area (Å²) >= 11 is 11.7. The summed E-state index contributed by atoms with van der Waals surface area (Å²) in [4.78, 5) is 0. The van der Waals surface area contributed by atoms with Crippen LogP contribution in [0.3, 0.4) is 0 Å². The summed E-state index contributed by atoms with van der Waals surface area (Å²) in [5, 5.41) is 23.2. The van der Waals surface area contributed by atoms with Crippen LogP contribution in [0.2, 0.25) is 0 Å². The third-order valence-corrected chi connectivity index (χ3v) is 8.90. The second-order valence-electron chi connectivity index (χ2n) is 8.85. The first-order valence-electron chi connectivity index (χ1n) is 12.5. The summed E-state index contributed by atoms with van der Waals surface area (Å²) in [6.07, 6.45) is 8.68. The quantitative estimate of drug-likeness (QED) is 0.137. The maximum atomic E-state index is 13.5. The predicted molar refractivity (Wildman–Crippen MR) is 132 cm³/mol. The van der Waals surface area contributed by atoms with Crippen LogP contribution in [-0.2, 0) is 18.6 Å². The van der Waals surface area contributed by atoms with E-state index in [0.29, 0.717) is 19.7 Å². The zero-order valence-corrected chi connectivity index (χ0v) is 22.3. The number of fused-ring (bicyclic) bond motifs is 1. The van der Waals surface area contributed by atoms with Gasteiger partial charge in [-0.3, -0.25) is 9.09 Å². The minimum atomic E-state index is -3.49. The maximum Gasteiger partial charge on any atom is 0.344 e. The number of ether oxygens (including phenoxy) is 2. The van der Waals surface area contributed by atoms with Crippen molar-refractivity contribution in [2.45, 2.75) is 102 Å². The van der Waals surface area contributed by atoms with Gasteiger partial charge in [0, 0.05) is 31.5 Å². The zero-order chi connectivity index (χ0) is 24.1. The van der Waals surface area contributed by atoms with Crippen molar-refractivity contribution in [3.8, 4) is 0 Å². The van der Waals surface area contributed by atoms with E-state index in [0.717, 1.165) is 12.8 Å². The first kappa shape index (κ1) is 29.8. The Labute approximate surface area is 209 Å². The van der Waals surface area contributed by atoms with Crippen molar-refractivity contribution in [2.24, 2.45) is 0 Å². The number of aliphatic hydroxyl groups excluding tert-OH is 2. The van der Waals surface area contributed by atoms with Crippen molar-refractivity contribution in [2.75, 3.05) is 38.1 Å². The Hall–Kier alpha value is 0.530. The van der Waals surface area contributed by atoms with Crippen molar-refractivity contribution in [1.82, 2.24) is 9.76 Å². The normalized spacial score (nSPS) is 31.9. The van der Waals surface area contributed by atoms with Crippen LogP contribution in [0.1, 0.15) is 71.1 Å². The lowest BCUT2D eigenvalue weighted by Crippen LogP contribution is -2.60. The molecular formula is C22H43Cl2N2O6P. The highest BCUT2D eigenvalue weighted by Crippen LogP contribution is 2.55. The Morgan fingerprint density at radius 3 is 2.12 bits per heavy atom. The molecule has 0 amide bonds. The van der Waals surface area contributed by atoms with Gasteiger partial charge in [-0.05, 0) is 6.42 Å². The van der Waals surface area contributed by atoms with E-state index in [1.165, 1.54) is 51.4 Å². The fourth-order valence-electron chi connectivity index (χ4n) is 4.36. The second kappa shape index (κ2) is 16.3. The van der Waals surface area contributed by atoms with Gasteiger partial charge in [-0.25, -0.2) is 9.76 Å². The molecule has 3 N–H and O–H groups in total. The van der Waals surface area contributed by atoms with Gasteiger partial charge in [0.05, 0.1) is 12.6 Å². The molecule has 0 saturated carbocycles. The third-order valence-electron chi connectivity index (χ3n) is 6.27. The number of nitrogens with one attached hydrogen (secondary N) is 1. The fourth-order valence-corrected chi connectivity index (χ4v) is 7.32. The number of aliphatic hydroxyl groups is 2. The van der Waals surface area contributed by atoms with Crippen molar-refractivity contribution in [1.29, 1.82) is 0 Å². The molecule has 0 spiro atoms. The van der Waals surface area contributed by atoms with Gasteiger partial charge in [-0.1, -0.05) is 64.7 Å². The van der Waals surface area contributed by atoms with Crippen molar-refractivity contribution in [3.63, 3.8) is 0 Å². The number of nitrogens with zero attached hydrogens (tertiary/aromatic N) is 1. The monoisotopic (exact) mass is 532 g/mol. The first-order valence-corrected chi connectivity index (χ1v) is 15.1. The summed E-state index contributed by atoms with van der Waals surface area (Å²) in [6.45, 7) is 2.98. The summed E-state index contributed by atoms with van der Waals surface area (Å²) in [7, 11) is -3.49. The van der Waals surface area contributed by atoms with Gasteiger partial charge in [0.1, 0.15) is 18.3 Å². The average molecular weight is 533 g/mol. The third kappa shape index (κ3) is 9.16. The molecule has 33 heavy (non-hydrogen) atoms. The number of hydrogen-bond donors (Lipinski definition) is 3. The van der Waals surface area contributed by atoms with Gasteiger partial charge in [-0.2, -0.15) is 0 Å². The van der Waals surface area contributed by atoms with Crippen LogP contribution < -0.4 is 5.09 Å². The largest absolute Gasteiger partial charge is 0.394 e. The highest BCUT2D eigenvalue weighted by Gasteiger charge is 2.57. The molecule has 2 aliphatic heterocycles. The molecule has 2 aliphatic rings. The SMILES string of the molecule is CCCCCCCCCCCCO[C@@H]1O[C@H](CO)[C@@H](O)[C@H]2OP(=O)(N(CCCl)CCCl)N[C@@H]12. The molecule has 0 aromatic carbocycles. The fraction of sp³-hybridized carbons (Fsp3) is 1.00. The van der Waals surface area contributed by atoms with E-state index < -0.39 is 38.3 Å². The molecule has 11 heteroatoms. The van der Waals surface area contributed by atoms with E-state index in [9.17, 15) is 14.8 Å². The molecule has 0 radical (unpaired) electrons. The second-order valence-corrected chi connectivity index (χ2v) is 11.7. The van der Waals surface area contributed by atoms with Gasteiger partial charge in [0.25, 0.3) is 0 Å². The number of alkyl halides is 2. The Balaban J connectivity index is 1.80. The van der Waals surface area contributed by atoms with Gasteiger partial charge in [0.2, 0.25) is 0 Å². The Morgan fingerprint density at radius 1 is 1.00 bits per heavy atom. The number of hydrogen-bond acceptors (Lipinski definition) is 6. The molecule has 8 nitrogen and oxygen atoms in total. The van der Waals surface area contributed by atoms with Crippen molar-refractivity contribution < 1.29 is 28.8 Å². The number of rotatable bonds is 18. The smallest absolute Gasteiger partial charge is 0.344 e. The van der Waals surface area contributed by atoms with Crippen molar-refractivity contribution >= 4 is 30.9 Å². The van der Waals surface area contributed by atoms with Crippen LogP contribution in [0, 0.1) is 0 Å². The summed E-state index contributed by atoms with van der Waals surface area (Å²) in [6, 6.07) is -0.620. The molecule has 2 fully saturated rings. The standard InChI is InChI=1S/C22H43Cl2N2O6P/c1-2-3-4-5-6-7-8-9-10-11-16-30-22-19-21(20(28)18(17-27)31-22)32-33(29,25-19)26(14-12-23)15-13-24/h18-22,27-28H,2-17H2,1H3,(H,25,29)/t18-,19-,20-,21+,22-,33?/m1/s1. The molecule has 0 aromatic heterocycles. The molecular weight excluding hydrogens is 490 g/mol. The highest BCUT2D eigenvalue weighted by molar-refractivity contribution is 7.54. The Morgan fingerprint density at radius 2 is 1.58 bits per heavy atom. The van der Waals surface area contributed by atoms with Gasteiger partial charge >= 0.3 is 7.67 Å². The van der Waals surface area contributed by atoms with E-state index in [2.05, 4.69) is 12.0 Å². The lowest BCUT2D eigenvalue weighted by atomic mass is 9.98. The number of halogens is 2. The maximum absolute atomic E-state index is 13.5. The van der Waals surface area contributed by atoms with E-state index >= 15 is 0 Å². The zero-order valence-electron chi connectivity index (χ0n) is 19.9. The molecule has 0 bridgehead atoms. The molecule has 0 aromatic rings. The minimum absolute atomic E-state index is 0.262. The Kier molecular flexibility index (Phi) is 14.7. The van der Waals surface area contributed by atoms with Crippen LogP contribution in [0.25, 0.3) is 0 Å². The van der Waals surface area contributed by atoms with Crippen LogP contribution in [0.5, 0.6) is 0 Å². The molecule has 0 aliphatic carbocycles. The molecule has 2 heterocycles. The van der Waals surface area contributed by atoms with Gasteiger partial charge in [0.15, 0.2) is 6.29 Å². The molecule has 1 unspecified atom stereocenters. The van der Waals surface area contributed by atoms with Crippen molar-refractivity contribution in [3.05, 3.63) is 0 Å². The van der Waals surface area contributed by atoms with Crippen LogP contribution >= 0.6 is 30.9 Å². The van der Waals surface area contributed by atoms with Gasteiger partial charge in [-0.15, -0.1) is 23.2 Å². The lowest BCUT2D eigenvalue weighted by Gasteiger charge is -2.39. The van der Waals surface area contributed by atoms with Crippen LogP contribution in [0.15, 0.2) is 0 Å². The molecule has 2 rings (SSSR count). The summed E-state index contributed by atoms with van der Waals surface area (Å²) in [5.41, 5.74) is 0. The lowest BCUT2D eigenvalue weighted by molar-refractivity contribution is -0.258. The number of unbranched alkanes of at least 4 members (excludes halogenated alkanes) is 9. The van der Waals surface area contributed by atoms with E-state index in [-0.39, 0.29) is 18.4 Å². The van der Waals surface area contributed by atoms with Crippen LogP contribution in [0.4, 0.5) is 0 Å². The molecule has 6 atom stereocenters. The minimum Gasteiger partial charge on any atom is -0.394 e. The van der Waals surface area contributed by atoms with Crippen LogP contribution in [-0.4, -0.2) is 83.6 Å². The highest BCUT2D eigenvalue weighted by atomic mass is 35.5. The van der Waals surface area contributed by atoms with E-state index in [1.54, 1.807) is 4.67 Å². The molecule has 2 saturated heterocycles. The molecule has 196 valence electrons. The van der Waals surface area contributed by atoms with E-state index in [4.69, 9.17) is 37.2 Å². The van der Waals surface area contributed by atoms with Gasteiger partial charge < -0.3 is 19.7 Å². The van der Waals surface area contributed by atoms with E-state index in [1.807, 2.05) is 0 Å². The predicted octanol–water partition coefficient (Wildman–Crippen LogP) is 4.25. The first-order chi connectivity index (χ1) is 16.0. The average Bonchev–Trinajstić information content (AvgIpc) is 3.18. The summed E-state index contributed by atoms with van der Waals surface area (Å²) < 4.78 is 32.7. The Bertz CT molecular complexity index is 573.